The van der Waals surface area contributed by atoms with E-state index in [2.05, 4.69) is 16.0 Å². The first-order valence-electron chi connectivity index (χ1n) is 11.1. The number of likely N-dealkylation sites (N-methyl/N-ethyl adjacent to an activating group) is 1. The normalized spacial score (nSPS) is 10.5. The van der Waals surface area contributed by atoms with Crippen LogP contribution in [-0.4, -0.2) is 57.4 Å². The van der Waals surface area contributed by atoms with Crippen LogP contribution in [0, 0.1) is 0 Å². The molecule has 0 aliphatic rings. The van der Waals surface area contributed by atoms with Gasteiger partial charge in [-0.05, 0) is 74.8 Å². The third kappa shape index (κ3) is 7.74. The highest BCUT2D eigenvalue weighted by Gasteiger charge is 2.12. The average Bonchev–Trinajstić information content (AvgIpc) is 2.85. The van der Waals surface area contributed by atoms with Crippen LogP contribution in [0.2, 0.25) is 5.02 Å². The van der Waals surface area contributed by atoms with Crippen LogP contribution >= 0.6 is 23.8 Å². The van der Waals surface area contributed by atoms with E-state index in [4.69, 9.17) is 38.0 Å². The van der Waals surface area contributed by atoms with Crippen LogP contribution in [0.4, 0.5) is 17.1 Å². The van der Waals surface area contributed by atoms with Gasteiger partial charge in [0.25, 0.3) is 5.91 Å². The van der Waals surface area contributed by atoms with Gasteiger partial charge in [-0.25, -0.2) is 0 Å². The zero-order valence-corrected chi connectivity index (χ0v) is 22.1. The van der Waals surface area contributed by atoms with Gasteiger partial charge in [-0.1, -0.05) is 17.7 Å². The molecule has 10 heteroatoms. The molecule has 0 fully saturated rings. The molecule has 0 spiro atoms. The van der Waals surface area contributed by atoms with Crippen molar-refractivity contribution in [3.05, 3.63) is 71.2 Å². The van der Waals surface area contributed by atoms with Gasteiger partial charge in [0.1, 0.15) is 23.9 Å². The number of methoxy groups -OCH3 is 2. The van der Waals surface area contributed by atoms with Crippen LogP contribution in [0.5, 0.6) is 17.2 Å². The van der Waals surface area contributed by atoms with E-state index in [1.54, 1.807) is 49.6 Å². The third-order valence-electron chi connectivity index (χ3n) is 5.03. The summed E-state index contributed by atoms with van der Waals surface area (Å²) in [4.78, 5) is 14.7. The van der Waals surface area contributed by atoms with Gasteiger partial charge < -0.3 is 35.1 Å². The molecule has 3 aromatic carbocycles. The Morgan fingerprint density at radius 2 is 1.58 bits per heavy atom. The summed E-state index contributed by atoms with van der Waals surface area (Å²) in [5.74, 6) is 1.46. The van der Waals surface area contributed by atoms with Crippen molar-refractivity contribution in [2.75, 3.05) is 57.4 Å². The van der Waals surface area contributed by atoms with Crippen molar-refractivity contribution in [3.63, 3.8) is 0 Å². The summed E-state index contributed by atoms with van der Waals surface area (Å²) in [6, 6.07) is 17.6. The number of thiocarbonyl (C=S) groups is 1. The van der Waals surface area contributed by atoms with Crippen molar-refractivity contribution in [3.8, 4) is 17.2 Å². The van der Waals surface area contributed by atoms with Gasteiger partial charge >= 0.3 is 0 Å². The quantitative estimate of drug-likeness (QED) is 0.303. The molecular weight excluding hydrogens is 500 g/mol. The number of rotatable bonds is 10. The summed E-state index contributed by atoms with van der Waals surface area (Å²) in [6.45, 7) is 1.33. The summed E-state index contributed by atoms with van der Waals surface area (Å²) in [5, 5.41) is 9.82. The molecule has 3 N–H and O–H groups in total. The Kier molecular flexibility index (Phi) is 9.75. The lowest BCUT2D eigenvalue weighted by molar-refractivity contribution is 0.102. The maximum absolute atomic E-state index is 12.7. The van der Waals surface area contributed by atoms with Gasteiger partial charge in [-0.15, -0.1) is 0 Å². The summed E-state index contributed by atoms with van der Waals surface area (Å²) < 4.78 is 16.3. The minimum atomic E-state index is -0.227. The second kappa shape index (κ2) is 13.0. The first-order chi connectivity index (χ1) is 17.3. The first-order valence-corrected chi connectivity index (χ1v) is 11.9. The number of nitrogens with one attached hydrogen (secondary N) is 3. The number of benzene rings is 3. The van der Waals surface area contributed by atoms with E-state index in [-0.39, 0.29) is 5.91 Å². The number of ether oxygens (including phenoxy) is 3. The van der Waals surface area contributed by atoms with E-state index < -0.39 is 0 Å². The summed E-state index contributed by atoms with van der Waals surface area (Å²) in [6.07, 6.45) is 0. The number of carbonyl (C=O) groups is 1. The molecule has 0 atom stereocenters. The Morgan fingerprint density at radius 3 is 2.22 bits per heavy atom. The molecule has 0 heterocycles. The van der Waals surface area contributed by atoms with E-state index >= 15 is 0 Å². The van der Waals surface area contributed by atoms with Crippen LogP contribution in [0.3, 0.4) is 0 Å². The maximum Gasteiger partial charge on any atom is 0.255 e. The standard InChI is InChI=1S/C26H29ClN4O4S/c1-31(2)12-13-35-20-7-5-6-17(14-20)25(32)28-18-8-10-19(11-9-18)29-26(36)30-22-15-21(27)23(33-3)16-24(22)34-4/h5-11,14-16H,12-13H2,1-4H3,(H,28,32)(H2,29,30,36). The fourth-order valence-electron chi connectivity index (χ4n) is 3.16. The van der Waals surface area contributed by atoms with Crippen LogP contribution in [0.15, 0.2) is 60.7 Å². The van der Waals surface area contributed by atoms with Crippen molar-refractivity contribution in [2.45, 2.75) is 0 Å². The topological polar surface area (TPSA) is 84.1 Å². The number of hydrogen-bond acceptors (Lipinski definition) is 6. The predicted molar refractivity (Wildman–Crippen MR) is 149 cm³/mol. The van der Waals surface area contributed by atoms with Crippen molar-refractivity contribution >= 4 is 51.9 Å². The predicted octanol–water partition coefficient (Wildman–Crippen LogP) is 5.36. The molecule has 0 bridgehead atoms. The van der Waals surface area contributed by atoms with Crippen LogP contribution in [0.1, 0.15) is 10.4 Å². The Morgan fingerprint density at radius 1 is 0.917 bits per heavy atom. The Hall–Kier alpha value is -3.53. The number of anilines is 3. The lowest BCUT2D eigenvalue weighted by Gasteiger charge is -2.15. The first kappa shape index (κ1) is 27.1. The number of nitrogens with zero attached hydrogens (tertiary/aromatic N) is 1. The highest BCUT2D eigenvalue weighted by molar-refractivity contribution is 7.80. The second-order valence-corrected chi connectivity index (χ2v) is 8.79. The molecule has 8 nitrogen and oxygen atoms in total. The molecule has 3 rings (SSSR count). The van der Waals surface area contributed by atoms with Gasteiger partial charge in [-0.3, -0.25) is 4.79 Å². The smallest absolute Gasteiger partial charge is 0.255 e. The molecule has 36 heavy (non-hydrogen) atoms. The van der Waals surface area contributed by atoms with Crippen molar-refractivity contribution in [1.82, 2.24) is 4.90 Å². The summed E-state index contributed by atoms with van der Waals surface area (Å²) in [7, 11) is 7.04. The maximum atomic E-state index is 12.7. The Balaban J connectivity index is 1.57. The summed E-state index contributed by atoms with van der Waals surface area (Å²) >= 11 is 11.6. The van der Waals surface area contributed by atoms with Crippen LogP contribution < -0.4 is 30.2 Å². The molecule has 0 saturated heterocycles. The highest BCUT2D eigenvalue weighted by Crippen LogP contribution is 2.36. The van der Waals surface area contributed by atoms with Gasteiger partial charge in [-0.2, -0.15) is 0 Å². The fraction of sp³-hybridized carbons (Fsp3) is 0.231. The monoisotopic (exact) mass is 528 g/mol. The summed E-state index contributed by atoms with van der Waals surface area (Å²) in [5.41, 5.74) is 2.49. The lowest BCUT2D eigenvalue weighted by atomic mass is 10.2. The van der Waals surface area contributed by atoms with Crippen LogP contribution in [-0.2, 0) is 0 Å². The zero-order valence-electron chi connectivity index (χ0n) is 20.6. The van der Waals surface area contributed by atoms with E-state index in [9.17, 15) is 4.79 Å². The zero-order chi connectivity index (χ0) is 26.1. The number of carbonyl (C=O) groups excluding carboxylic acids is 1. The average molecular weight is 529 g/mol. The molecule has 0 saturated carbocycles. The third-order valence-corrected chi connectivity index (χ3v) is 5.53. The molecule has 190 valence electrons. The van der Waals surface area contributed by atoms with E-state index in [0.717, 1.165) is 12.2 Å². The van der Waals surface area contributed by atoms with Gasteiger partial charge in [0, 0.05) is 29.5 Å². The van der Waals surface area contributed by atoms with E-state index in [0.29, 0.717) is 50.9 Å². The van der Waals surface area contributed by atoms with Crippen molar-refractivity contribution < 1.29 is 19.0 Å². The van der Waals surface area contributed by atoms with E-state index in [1.807, 2.05) is 37.2 Å². The molecule has 0 aromatic heterocycles. The SMILES string of the molecule is COc1cc(OC)c(NC(=S)Nc2ccc(NC(=O)c3cccc(OCCN(C)C)c3)cc2)cc1Cl. The second-order valence-electron chi connectivity index (χ2n) is 7.98. The fourth-order valence-corrected chi connectivity index (χ4v) is 3.62. The molecule has 0 unspecified atom stereocenters. The number of amides is 1. The van der Waals surface area contributed by atoms with E-state index in [1.165, 1.54) is 7.11 Å². The molecule has 3 aromatic rings. The minimum absolute atomic E-state index is 0.227. The van der Waals surface area contributed by atoms with Crippen LogP contribution in [0.25, 0.3) is 0 Å². The van der Waals surface area contributed by atoms with Crippen molar-refractivity contribution in [1.29, 1.82) is 0 Å². The molecule has 0 aliphatic carbocycles. The van der Waals surface area contributed by atoms with Crippen molar-refractivity contribution in [2.24, 2.45) is 0 Å². The molecular formula is C26H29ClN4O4S. The largest absolute Gasteiger partial charge is 0.495 e. The molecule has 1 amide bonds. The molecule has 0 aliphatic heterocycles. The number of hydrogen-bond donors (Lipinski definition) is 3. The lowest BCUT2D eigenvalue weighted by Crippen LogP contribution is -2.19. The number of halogens is 1. The Bertz CT molecular complexity index is 1210. The van der Waals surface area contributed by atoms with Gasteiger partial charge in [0.2, 0.25) is 0 Å². The Labute approximate surface area is 221 Å². The molecule has 0 radical (unpaired) electrons. The highest BCUT2D eigenvalue weighted by atomic mass is 35.5. The van der Waals surface area contributed by atoms with Gasteiger partial charge in [0.15, 0.2) is 5.11 Å². The van der Waals surface area contributed by atoms with Gasteiger partial charge in [0.05, 0.1) is 24.9 Å². The minimum Gasteiger partial charge on any atom is -0.495 e.